The van der Waals surface area contributed by atoms with Gasteiger partial charge in [0.2, 0.25) is 0 Å². The van der Waals surface area contributed by atoms with Crippen molar-refractivity contribution in [3.8, 4) is 17.4 Å². The van der Waals surface area contributed by atoms with Gasteiger partial charge in [0, 0.05) is 24.8 Å². The molecule has 35 heavy (non-hydrogen) atoms. The van der Waals surface area contributed by atoms with Crippen LogP contribution in [0.1, 0.15) is 30.4 Å². The maximum absolute atomic E-state index is 12.9. The Morgan fingerprint density at radius 3 is 2.63 bits per heavy atom. The Bertz CT molecular complexity index is 1360. The smallest absolute Gasteiger partial charge is 0.422 e. The summed E-state index contributed by atoms with van der Waals surface area (Å²) in [4.78, 5) is 21.3. The predicted octanol–water partition coefficient (Wildman–Crippen LogP) is 3.40. The number of rotatable bonds is 6. The number of alkyl halides is 3. The molecule has 13 heteroatoms. The third-order valence-electron chi connectivity index (χ3n) is 5.74. The molecule has 3 aromatic rings. The summed E-state index contributed by atoms with van der Waals surface area (Å²) in [5.74, 6) is -0.356. The molecule has 0 bridgehead atoms. The van der Waals surface area contributed by atoms with E-state index in [4.69, 9.17) is 9.47 Å². The van der Waals surface area contributed by atoms with Crippen molar-refractivity contribution in [1.29, 1.82) is 0 Å². The van der Waals surface area contributed by atoms with Gasteiger partial charge in [-0.1, -0.05) is 0 Å². The zero-order chi connectivity index (χ0) is 25.4. The van der Waals surface area contributed by atoms with Crippen molar-refractivity contribution < 1.29 is 35.9 Å². The van der Waals surface area contributed by atoms with Crippen LogP contribution in [0.25, 0.3) is 11.0 Å². The number of halogens is 3. The normalized spacial score (nSPS) is 17.2. The molecule has 1 saturated heterocycles. The quantitative estimate of drug-likeness (QED) is 0.539. The molecule has 1 fully saturated rings. The summed E-state index contributed by atoms with van der Waals surface area (Å²) in [6, 6.07) is 7.48. The van der Waals surface area contributed by atoms with E-state index < -0.39 is 34.1 Å². The number of sulfone groups is 1. The SMILES string of the molecule is Cn1c(C(=O)NC2(C)CCS(=O)(=O)CC2)nc2ccc(Oc3ncccc3OCC(F)(F)F)cc21. The van der Waals surface area contributed by atoms with Crippen LogP contribution in [0.15, 0.2) is 36.5 Å². The molecule has 2 aromatic heterocycles. The number of ether oxygens (including phenoxy) is 2. The third kappa shape index (κ3) is 5.84. The summed E-state index contributed by atoms with van der Waals surface area (Å²) in [6.45, 7) is 0.318. The van der Waals surface area contributed by atoms with Crippen LogP contribution < -0.4 is 14.8 Å². The summed E-state index contributed by atoms with van der Waals surface area (Å²) in [6.07, 6.45) is -2.53. The molecule has 0 saturated carbocycles. The Kier molecular flexibility index (Phi) is 6.38. The molecule has 0 atom stereocenters. The number of carbonyl (C=O) groups is 1. The fourth-order valence-electron chi connectivity index (χ4n) is 3.71. The van der Waals surface area contributed by atoms with Crippen LogP contribution in [-0.4, -0.2) is 58.7 Å². The summed E-state index contributed by atoms with van der Waals surface area (Å²) in [7, 11) is -1.44. The monoisotopic (exact) mass is 512 g/mol. The van der Waals surface area contributed by atoms with Gasteiger partial charge in [-0.15, -0.1) is 0 Å². The highest BCUT2D eigenvalue weighted by atomic mass is 32.2. The van der Waals surface area contributed by atoms with Gasteiger partial charge in [0.15, 0.2) is 18.2 Å². The number of imidazole rings is 1. The number of hydrogen-bond acceptors (Lipinski definition) is 7. The number of hydrogen-bond donors (Lipinski definition) is 1. The van der Waals surface area contributed by atoms with Crippen molar-refractivity contribution in [1.82, 2.24) is 19.9 Å². The van der Waals surface area contributed by atoms with Gasteiger partial charge in [-0.25, -0.2) is 18.4 Å². The Labute approximate surface area is 199 Å². The lowest BCUT2D eigenvalue weighted by molar-refractivity contribution is -0.153. The molecule has 0 unspecified atom stereocenters. The molecule has 188 valence electrons. The van der Waals surface area contributed by atoms with Crippen LogP contribution in [0.2, 0.25) is 0 Å². The molecular weight excluding hydrogens is 489 g/mol. The lowest BCUT2D eigenvalue weighted by atomic mass is 9.95. The Morgan fingerprint density at radius 1 is 1.23 bits per heavy atom. The van der Waals surface area contributed by atoms with Crippen LogP contribution >= 0.6 is 0 Å². The average molecular weight is 513 g/mol. The Morgan fingerprint density at radius 2 is 1.94 bits per heavy atom. The number of pyridine rings is 1. The van der Waals surface area contributed by atoms with Gasteiger partial charge in [0.25, 0.3) is 11.8 Å². The number of aromatic nitrogens is 3. The standard InChI is InChI=1S/C22H23F3N4O5S/c1-21(7-10-35(31,32)11-8-21)28-19(30)18-27-15-6-5-14(12-16(15)29(18)2)34-20-17(4-3-9-26-20)33-13-22(23,24)25/h3-6,9,12H,7-8,10-11,13H2,1-2H3,(H,28,30). The summed E-state index contributed by atoms with van der Waals surface area (Å²) in [5.41, 5.74) is 0.370. The molecule has 3 heterocycles. The molecule has 1 amide bonds. The highest BCUT2D eigenvalue weighted by molar-refractivity contribution is 7.91. The second kappa shape index (κ2) is 9.02. The van der Waals surface area contributed by atoms with Gasteiger partial charge in [-0.2, -0.15) is 13.2 Å². The molecule has 9 nitrogen and oxygen atoms in total. The molecule has 1 aromatic carbocycles. The summed E-state index contributed by atoms with van der Waals surface area (Å²) in [5, 5.41) is 2.90. The minimum absolute atomic E-state index is 0.00914. The Balaban J connectivity index is 1.54. The topological polar surface area (TPSA) is 112 Å². The lowest BCUT2D eigenvalue weighted by Crippen LogP contribution is -2.51. The van der Waals surface area contributed by atoms with Crippen molar-refractivity contribution in [2.24, 2.45) is 7.05 Å². The average Bonchev–Trinajstić information content (AvgIpc) is 3.11. The van der Waals surface area contributed by atoms with Crippen LogP contribution in [0, 0.1) is 0 Å². The number of benzene rings is 1. The van der Waals surface area contributed by atoms with Crippen LogP contribution in [0.4, 0.5) is 13.2 Å². The minimum atomic E-state index is -4.51. The van der Waals surface area contributed by atoms with E-state index in [0.29, 0.717) is 23.9 Å². The first-order valence-corrected chi connectivity index (χ1v) is 12.5. The van der Waals surface area contributed by atoms with E-state index in [1.807, 2.05) is 0 Å². The van der Waals surface area contributed by atoms with Gasteiger partial charge in [0.1, 0.15) is 15.6 Å². The van der Waals surface area contributed by atoms with Crippen molar-refractivity contribution in [3.05, 3.63) is 42.4 Å². The van der Waals surface area contributed by atoms with E-state index >= 15 is 0 Å². The van der Waals surface area contributed by atoms with Crippen LogP contribution in [-0.2, 0) is 16.9 Å². The highest BCUT2D eigenvalue weighted by Crippen LogP contribution is 2.32. The van der Waals surface area contributed by atoms with Crippen molar-refractivity contribution in [2.45, 2.75) is 31.5 Å². The van der Waals surface area contributed by atoms with Gasteiger partial charge < -0.3 is 19.4 Å². The van der Waals surface area contributed by atoms with Crippen LogP contribution in [0.5, 0.6) is 17.4 Å². The fraction of sp³-hybridized carbons (Fsp3) is 0.409. The molecule has 0 aliphatic carbocycles. The summed E-state index contributed by atoms with van der Waals surface area (Å²) < 4.78 is 73.1. The molecule has 0 radical (unpaired) electrons. The second-order valence-corrected chi connectivity index (χ2v) is 10.9. The number of fused-ring (bicyclic) bond motifs is 1. The number of amides is 1. The molecule has 4 rings (SSSR count). The largest absolute Gasteiger partial charge is 0.478 e. The van der Waals surface area contributed by atoms with Gasteiger partial charge in [-0.05, 0) is 44.0 Å². The van der Waals surface area contributed by atoms with E-state index in [-0.39, 0.29) is 34.7 Å². The van der Waals surface area contributed by atoms with E-state index in [0.717, 1.165) is 0 Å². The maximum Gasteiger partial charge on any atom is 0.422 e. The number of nitrogens with one attached hydrogen (secondary N) is 1. The number of nitrogens with zero attached hydrogens (tertiary/aromatic N) is 3. The maximum atomic E-state index is 12.9. The Hall–Kier alpha value is -3.35. The van der Waals surface area contributed by atoms with Crippen molar-refractivity contribution in [3.63, 3.8) is 0 Å². The van der Waals surface area contributed by atoms with Gasteiger partial charge in [-0.3, -0.25) is 4.79 Å². The summed E-state index contributed by atoms with van der Waals surface area (Å²) >= 11 is 0. The first-order chi connectivity index (χ1) is 16.3. The lowest BCUT2D eigenvalue weighted by Gasteiger charge is -2.34. The third-order valence-corrected chi connectivity index (χ3v) is 7.39. The molecule has 0 spiro atoms. The number of aryl methyl sites for hydroxylation is 1. The van der Waals surface area contributed by atoms with E-state index in [1.54, 1.807) is 36.7 Å². The first-order valence-electron chi connectivity index (χ1n) is 10.7. The molecule has 1 aliphatic heterocycles. The van der Waals surface area contributed by atoms with E-state index in [2.05, 4.69) is 15.3 Å². The highest BCUT2D eigenvalue weighted by Gasteiger charge is 2.35. The van der Waals surface area contributed by atoms with E-state index in [9.17, 15) is 26.4 Å². The number of carbonyl (C=O) groups excluding carboxylic acids is 1. The van der Waals surface area contributed by atoms with Crippen molar-refractivity contribution in [2.75, 3.05) is 18.1 Å². The molecule has 1 N–H and O–H groups in total. The zero-order valence-electron chi connectivity index (χ0n) is 18.9. The zero-order valence-corrected chi connectivity index (χ0v) is 19.7. The fourth-order valence-corrected chi connectivity index (χ4v) is 5.44. The van der Waals surface area contributed by atoms with Crippen LogP contribution in [0.3, 0.4) is 0 Å². The van der Waals surface area contributed by atoms with Gasteiger partial charge in [0.05, 0.1) is 22.5 Å². The van der Waals surface area contributed by atoms with Crippen molar-refractivity contribution >= 4 is 26.8 Å². The first kappa shape index (κ1) is 24.8. The molecular formula is C22H23F3N4O5S. The van der Waals surface area contributed by atoms with Gasteiger partial charge >= 0.3 is 6.18 Å². The second-order valence-electron chi connectivity index (χ2n) is 8.62. The predicted molar refractivity (Wildman–Crippen MR) is 120 cm³/mol. The minimum Gasteiger partial charge on any atom is -0.478 e. The van der Waals surface area contributed by atoms with E-state index in [1.165, 1.54) is 18.3 Å². The molecule has 1 aliphatic rings.